The zero-order valence-corrected chi connectivity index (χ0v) is 89.4. The van der Waals surface area contributed by atoms with Crippen LogP contribution in [0.1, 0.15) is 209 Å². The molecule has 9 heterocycles. The first kappa shape index (κ1) is 126. The fourth-order valence-corrected chi connectivity index (χ4v) is 17.8. The lowest BCUT2D eigenvalue weighted by atomic mass is 9.87. The number of rotatable bonds is 10. The molecule has 8 amide bonds. The molecular weight excluding hydrogens is 2060 g/mol. The summed E-state index contributed by atoms with van der Waals surface area (Å²) in [4.78, 5) is 94.1. The van der Waals surface area contributed by atoms with Gasteiger partial charge in [-0.2, -0.15) is 69.8 Å². The van der Waals surface area contributed by atoms with E-state index in [9.17, 15) is 98.3 Å². The average molecular weight is 2200 g/mol. The van der Waals surface area contributed by atoms with E-state index in [-0.39, 0.29) is 105 Å². The Hall–Kier alpha value is -9.09. The molecule has 0 radical (unpaired) electrons. The molecule has 145 heavy (non-hydrogen) atoms. The van der Waals surface area contributed by atoms with Crippen molar-refractivity contribution >= 4 is 153 Å². The van der Waals surface area contributed by atoms with Gasteiger partial charge in [0.25, 0.3) is 0 Å². The van der Waals surface area contributed by atoms with Gasteiger partial charge in [0.1, 0.15) is 11.6 Å². The number of hydrogen-bond donors (Lipinski definition) is 6. The van der Waals surface area contributed by atoms with Crippen LogP contribution in [-0.4, -0.2) is 236 Å². The molecule has 8 aliphatic rings. The van der Waals surface area contributed by atoms with Crippen LogP contribution in [0.3, 0.4) is 0 Å². The van der Waals surface area contributed by atoms with E-state index in [1.807, 2.05) is 102 Å². The van der Waals surface area contributed by atoms with Crippen molar-refractivity contribution in [3.63, 3.8) is 0 Å². The number of piperidine rings is 5. The number of ketones is 2. The number of urea groups is 4. The van der Waals surface area contributed by atoms with Gasteiger partial charge in [-0.05, 0) is 165 Å². The molecule has 0 bridgehead atoms. The van der Waals surface area contributed by atoms with E-state index in [1.165, 1.54) is 46.1 Å². The number of halogens is 13. The highest BCUT2D eigenvalue weighted by Crippen LogP contribution is 2.40. The Labute approximate surface area is 863 Å². The molecule has 7 N–H and O–H groups in total. The van der Waals surface area contributed by atoms with Crippen molar-refractivity contribution in [3.8, 4) is 0 Å². The van der Waals surface area contributed by atoms with E-state index in [0.717, 1.165) is 87.8 Å². The summed E-state index contributed by atoms with van der Waals surface area (Å²) < 4.78 is 208. The second kappa shape index (κ2) is 56.5. The number of isocyanates is 1. The second-order valence-electron chi connectivity index (χ2n) is 39.1. The maximum atomic E-state index is 12.5. The summed E-state index contributed by atoms with van der Waals surface area (Å²) in [6.07, 6.45) is 8.83. The number of pyridine rings is 1. The van der Waals surface area contributed by atoms with Crippen molar-refractivity contribution in [2.24, 2.45) is 10.2 Å². The highest BCUT2D eigenvalue weighted by Gasteiger charge is 2.62. The number of nitrogens with two attached hydrogens (primary N) is 1. The van der Waals surface area contributed by atoms with E-state index in [4.69, 9.17) is 58.5 Å². The number of alkyl halides is 11. The lowest BCUT2D eigenvalue weighted by Gasteiger charge is -2.37. The predicted molar refractivity (Wildman–Crippen MR) is 542 cm³/mol. The Morgan fingerprint density at radius 3 is 0.986 bits per heavy atom. The Bertz CT molecular complexity index is 5300. The first-order valence-corrected chi connectivity index (χ1v) is 52.7. The molecule has 6 aromatic rings. The molecule has 1 aromatic heterocycles. The second-order valence-corrected chi connectivity index (χ2v) is 45.7. The van der Waals surface area contributed by atoms with Gasteiger partial charge in [0.2, 0.25) is 6.08 Å². The number of likely N-dealkylation sites (tertiary alicyclic amines) is 4. The zero-order chi connectivity index (χ0) is 109. The topological polar surface area (TPSA) is 405 Å². The minimum absolute atomic E-state index is 0.00565. The first-order valence-electron chi connectivity index (χ1n) is 46.5. The van der Waals surface area contributed by atoms with Crippen molar-refractivity contribution in [1.82, 2.24) is 29.9 Å². The largest absolute Gasteiger partial charge is 0.523 e. The number of nitrogens with zero attached hydrogens (tertiary/aromatic N) is 7. The molecule has 14 rings (SSSR count). The fourth-order valence-electron chi connectivity index (χ4n) is 14.4. The molecule has 2 spiro atoms. The van der Waals surface area contributed by atoms with E-state index in [0.29, 0.717) is 102 Å². The van der Waals surface area contributed by atoms with Crippen LogP contribution in [0.4, 0.5) is 92.9 Å². The highest BCUT2D eigenvalue weighted by molar-refractivity contribution is 8.11. The number of nitrogens with one attached hydrogen (secondary N) is 5. The van der Waals surface area contributed by atoms with Crippen molar-refractivity contribution < 1.29 is 126 Å². The maximum Gasteiger partial charge on any atom is 0.523 e. The number of Topliss-reactive ketones (excluding diaryl/α,β-unsaturated/α-hetero) is 2. The van der Waals surface area contributed by atoms with Crippen molar-refractivity contribution in [1.29, 1.82) is 0 Å². The number of benzene rings is 5. The third-order valence-electron chi connectivity index (χ3n) is 23.0. The van der Waals surface area contributed by atoms with Gasteiger partial charge in [-0.15, -0.1) is 26.9 Å². The van der Waals surface area contributed by atoms with Crippen LogP contribution in [0.2, 0.25) is 5.02 Å². The van der Waals surface area contributed by atoms with Gasteiger partial charge in [0.15, 0.2) is 17.4 Å². The molecular formula is C97H134Cl4F9N13O19S3. The van der Waals surface area contributed by atoms with Gasteiger partial charge in [-0.1, -0.05) is 176 Å². The van der Waals surface area contributed by atoms with E-state index in [2.05, 4.69) is 174 Å². The molecule has 32 nitrogen and oxygen atoms in total. The highest BCUT2D eigenvalue weighted by atomic mass is 35.5. The quantitative estimate of drug-likeness (QED) is 0.0141. The van der Waals surface area contributed by atoms with Gasteiger partial charge in [0, 0.05) is 159 Å². The summed E-state index contributed by atoms with van der Waals surface area (Å²) in [5, 5.41) is 18.6. The van der Waals surface area contributed by atoms with Crippen LogP contribution in [0.25, 0.3) is 0 Å². The van der Waals surface area contributed by atoms with Crippen LogP contribution in [-0.2, 0) is 99.5 Å². The van der Waals surface area contributed by atoms with Crippen LogP contribution in [0.5, 0.6) is 0 Å². The molecule has 8 saturated heterocycles. The number of aromatic nitrogens is 1. The molecule has 8 fully saturated rings. The zero-order valence-electron chi connectivity index (χ0n) is 84.0. The summed E-state index contributed by atoms with van der Waals surface area (Å²) in [6, 6.07) is 39.2. The van der Waals surface area contributed by atoms with Gasteiger partial charge >= 0.3 is 70.8 Å². The molecule has 0 atom stereocenters. The van der Waals surface area contributed by atoms with Crippen molar-refractivity contribution in [3.05, 3.63) is 172 Å². The van der Waals surface area contributed by atoms with E-state index in [1.54, 1.807) is 21.9 Å². The third-order valence-corrected chi connectivity index (χ3v) is 27.9. The minimum atomic E-state index is -6.93. The van der Waals surface area contributed by atoms with Gasteiger partial charge in [0.05, 0.1) is 48.6 Å². The third kappa shape index (κ3) is 41.8. The van der Waals surface area contributed by atoms with Crippen LogP contribution in [0, 0.1) is 0 Å². The van der Waals surface area contributed by atoms with E-state index < -0.39 is 74.1 Å². The Kier molecular flexibility index (Phi) is 49.2. The summed E-state index contributed by atoms with van der Waals surface area (Å²) in [6.45, 7) is 42.7. The van der Waals surface area contributed by atoms with E-state index >= 15 is 0 Å². The van der Waals surface area contributed by atoms with Crippen molar-refractivity contribution in [2.75, 3.05) is 135 Å². The SMILES string of the molecule is C1CC2(CCN1)OCCO2.C1CCOC1.CC(C)(C)c1ccc(N=C=O)cc1.CC(C)(C)c1ccc(NC(=O)N2CCC(=O)CC2)cc1.CC(C)(C)c1ccc(NC(=O)N2CCC(=O)CC2)cc1.CC(C)(C)c1ccc(NC(=O)N2CCC(OS(=O)(=O)C(F)(F)F)CC2)cc1.CC(C)(C)c1ccc(NC(=O)N2CCC3(CC2)OCCO3)cc1.ClCCl.NCl.O=S(=O)(N(c1ccc(Cl)cn1)S(=O)(=O)C(F)(F)F)C(F)(F)F. The number of ether oxygens (including phenoxy) is 5. The van der Waals surface area contributed by atoms with Crippen LogP contribution in [0.15, 0.2) is 145 Å². The smallest absolute Gasteiger partial charge is 0.381 e. The first-order chi connectivity index (χ1) is 67.4. The number of carbonyl (C=O) groups excluding carboxylic acids is 7. The summed E-state index contributed by atoms with van der Waals surface area (Å²) in [5.41, 5.74) is -7.86. The number of sulfonamides is 2. The predicted octanol–water partition coefficient (Wildman–Crippen LogP) is 21.2. The number of anilines is 5. The summed E-state index contributed by atoms with van der Waals surface area (Å²) in [7, 11) is -19.5. The Morgan fingerprint density at radius 1 is 0.448 bits per heavy atom. The molecule has 0 saturated carbocycles. The van der Waals surface area contributed by atoms with Crippen LogP contribution >= 0.6 is 46.6 Å². The van der Waals surface area contributed by atoms with Gasteiger partial charge in [-0.3, -0.25) is 13.8 Å². The maximum absolute atomic E-state index is 12.5. The Morgan fingerprint density at radius 2 is 0.731 bits per heavy atom. The number of aliphatic imine (C=N–C) groups is 1. The monoisotopic (exact) mass is 2190 g/mol. The minimum Gasteiger partial charge on any atom is -0.381 e. The summed E-state index contributed by atoms with van der Waals surface area (Å²) in [5.74, 6) is -1.79. The van der Waals surface area contributed by atoms with Gasteiger partial charge in [-0.25, -0.2) is 34.2 Å². The molecule has 48 heteroatoms. The average Bonchev–Trinajstić information content (AvgIpc) is 1.63. The fraction of sp³-hybridized carbons (Fsp3) is 0.567. The lowest BCUT2D eigenvalue weighted by molar-refractivity contribution is -0.181. The number of amides is 8. The molecule has 810 valence electrons. The number of hydrogen-bond acceptors (Lipinski definition) is 23. The lowest BCUT2D eigenvalue weighted by Crippen LogP contribution is -2.49. The molecule has 5 aromatic carbocycles. The van der Waals surface area contributed by atoms with Crippen molar-refractivity contribution in [2.45, 2.75) is 242 Å². The molecule has 8 aliphatic heterocycles. The summed E-state index contributed by atoms with van der Waals surface area (Å²) >= 11 is 19.0. The van der Waals surface area contributed by atoms with Crippen LogP contribution < -0.4 is 35.5 Å². The standard InChI is InChI=1S/C18H26N2O3.C17H23F3N2O4S.2C16H22N2O2.C11H13NO.C7H3ClF6N2O4S2.C7H13NO2.C4H8O.CH2Cl2.ClH2N/c1-17(2,3)14-4-6-15(7-5-14)19-16(21)20-10-8-18(9-11-20)22-12-13-23-18;1-16(2,3)12-4-6-13(7-5-12)21-15(23)22-10-8-14(9-11-22)26-27(24,25)17(18,19)20;2*1-16(2,3)12-4-6-13(7-5-12)17-15(20)18-10-8-14(19)9-11-18;1-11(2,3)9-4-6-10(7-5-9)12-8-13;8-4-1-2-5(15-3-4)16(21(17,18)6(9,10)11)22(19,20)7(12,13)14;1-3-8-4-2-7(1)9-5-6-10-7;1-2-4-5-3-1;2-1-3;1-2/h4-7H,8-13H2,1-3H3,(H,19,21);4-7,14H,8-11H2,1-3H3,(H,21,23);2*4-7H,8-11H2,1-3H3,(H,17,20);4-7H,1-3H3;1-3H;8H,1-6H2;1-4H2;1H2;2H2. The normalized spacial score (nSPS) is 17.1. The van der Waals surface area contributed by atoms with Gasteiger partial charge < -0.3 is 69.9 Å². The molecule has 0 aliphatic carbocycles. The Balaban J connectivity index is 0.000000296. The number of carbonyl (C=O) groups is 6. The molecule has 0 unspecified atom stereocenters.